The van der Waals surface area contributed by atoms with Gasteiger partial charge < -0.3 is 9.88 Å². The van der Waals surface area contributed by atoms with E-state index in [1.165, 1.54) is 0 Å². The van der Waals surface area contributed by atoms with Gasteiger partial charge in [0.15, 0.2) is 0 Å². The second kappa shape index (κ2) is 5.10. The molecule has 14 heavy (non-hydrogen) atoms. The molecule has 0 saturated carbocycles. The van der Waals surface area contributed by atoms with Gasteiger partial charge in [0, 0.05) is 12.6 Å². The molecule has 0 amide bonds. The lowest BCUT2D eigenvalue weighted by molar-refractivity contribution is 0.537. The molecular formula is C10H20N4. The van der Waals surface area contributed by atoms with E-state index in [0.717, 1.165) is 31.2 Å². The number of nitrogens with zero attached hydrogens (tertiary/aromatic N) is 3. The standard InChI is InChI=1S/C10H20N4/c1-5-6-14-9(4)12-13-10(14)7-11-8(2)3/h8,11H,5-7H2,1-4H3. The summed E-state index contributed by atoms with van der Waals surface area (Å²) in [6.07, 6.45) is 1.12. The molecule has 1 rings (SSSR count). The maximum absolute atomic E-state index is 4.16. The molecule has 1 heterocycles. The van der Waals surface area contributed by atoms with Crippen molar-refractivity contribution in [3.63, 3.8) is 0 Å². The molecule has 0 spiro atoms. The molecule has 0 aromatic carbocycles. The Kier molecular flexibility index (Phi) is 4.07. The summed E-state index contributed by atoms with van der Waals surface area (Å²) in [4.78, 5) is 0. The van der Waals surface area contributed by atoms with Crippen LogP contribution in [0.15, 0.2) is 0 Å². The Labute approximate surface area is 85.7 Å². The van der Waals surface area contributed by atoms with E-state index in [-0.39, 0.29) is 0 Å². The van der Waals surface area contributed by atoms with Crippen LogP contribution in [0.5, 0.6) is 0 Å². The van der Waals surface area contributed by atoms with Crippen molar-refractivity contribution >= 4 is 0 Å². The predicted molar refractivity (Wildman–Crippen MR) is 57.0 cm³/mol. The highest BCUT2D eigenvalue weighted by Crippen LogP contribution is 2.02. The van der Waals surface area contributed by atoms with Crippen LogP contribution in [0.25, 0.3) is 0 Å². The molecule has 0 bridgehead atoms. The van der Waals surface area contributed by atoms with Gasteiger partial charge in [0.1, 0.15) is 11.6 Å². The molecule has 0 radical (unpaired) electrons. The predicted octanol–water partition coefficient (Wildman–Crippen LogP) is 1.49. The zero-order valence-corrected chi connectivity index (χ0v) is 9.54. The first-order valence-electron chi connectivity index (χ1n) is 5.27. The first-order chi connectivity index (χ1) is 6.65. The van der Waals surface area contributed by atoms with E-state index in [9.17, 15) is 0 Å². The summed E-state index contributed by atoms with van der Waals surface area (Å²) < 4.78 is 2.18. The molecule has 4 heteroatoms. The van der Waals surface area contributed by atoms with Crippen LogP contribution in [-0.4, -0.2) is 20.8 Å². The molecule has 0 aliphatic heterocycles. The average molecular weight is 196 g/mol. The Bertz CT molecular complexity index is 278. The van der Waals surface area contributed by atoms with E-state index in [1.54, 1.807) is 0 Å². The lowest BCUT2D eigenvalue weighted by atomic mass is 10.4. The Morgan fingerprint density at radius 1 is 1.36 bits per heavy atom. The van der Waals surface area contributed by atoms with Crippen LogP contribution in [0.2, 0.25) is 0 Å². The smallest absolute Gasteiger partial charge is 0.147 e. The van der Waals surface area contributed by atoms with Crippen molar-refractivity contribution in [2.45, 2.75) is 53.2 Å². The molecular weight excluding hydrogens is 176 g/mol. The second-order valence-electron chi connectivity index (χ2n) is 3.85. The van der Waals surface area contributed by atoms with Crippen LogP contribution in [0.1, 0.15) is 38.8 Å². The van der Waals surface area contributed by atoms with Gasteiger partial charge in [-0.3, -0.25) is 0 Å². The van der Waals surface area contributed by atoms with Crippen molar-refractivity contribution in [1.29, 1.82) is 0 Å². The fourth-order valence-electron chi connectivity index (χ4n) is 1.37. The molecule has 1 aromatic rings. The largest absolute Gasteiger partial charge is 0.314 e. The van der Waals surface area contributed by atoms with E-state index in [4.69, 9.17) is 0 Å². The Morgan fingerprint density at radius 2 is 2.07 bits per heavy atom. The normalized spacial score (nSPS) is 11.2. The van der Waals surface area contributed by atoms with Gasteiger partial charge >= 0.3 is 0 Å². The average Bonchev–Trinajstić information content (AvgIpc) is 2.46. The number of aryl methyl sites for hydroxylation is 1. The zero-order chi connectivity index (χ0) is 10.6. The number of aromatic nitrogens is 3. The lowest BCUT2D eigenvalue weighted by Gasteiger charge is -2.09. The van der Waals surface area contributed by atoms with Crippen LogP contribution < -0.4 is 5.32 Å². The summed E-state index contributed by atoms with van der Waals surface area (Å²) in [5, 5.41) is 11.6. The van der Waals surface area contributed by atoms with Crippen LogP contribution in [-0.2, 0) is 13.1 Å². The topological polar surface area (TPSA) is 42.7 Å². The molecule has 0 fully saturated rings. The summed E-state index contributed by atoms with van der Waals surface area (Å²) in [7, 11) is 0. The number of rotatable bonds is 5. The van der Waals surface area contributed by atoms with E-state index in [2.05, 4.69) is 40.9 Å². The molecule has 0 atom stereocenters. The minimum absolute atomic E-state index is 0.488. The first-order valence-corrected chi connectivity index (χ1v) is 5.27. The Hall–Kier alpha value is -0.900. The highest BCUT2D eigenvalue weighted by Gasteiger charge is 2.07. The van der Waals surface area contributed by atoms with Crippen LogP contribution in [0.3, 0.4) is 0 Å². The highest BCUT2D eigenvalue weighted by molar-refractivity contribution is 4.93. The van der Waals surface area contributed by atoms with Gasteiger partial charge in [-0.1, -0.05) is 20.8 Å². The van der Waals surface area contributed by atoms with Gasteiger partial charge in [0.25, 0.3) is 0 Å². The molecule has 0 aliphatic rings. The summed E-state index contributed by atoms with van der Waals surface area (Å²) in [5.74, 6) is 2.05. The summed E-state index contributed by atoms with van der Waals surface area (Å²) in [5.41, 5.74) is 0. The van der Waals surface area contributed by atoms with Crippen LogP contribution in [0, 0.1) is 6.92 Å². The molecule has 1 aromatic heterocycles. The third-order valence-corrected chi connectivity index (χ3v) is 2.13. The Balaban J connectivity index is 2.65. The first kappa shape index (κ1) is 11.2. The summed E-state index contributed by atoms with van der Waals surface area (Å²) >= 11 is 0. The van der Waals surface area contributed by atoms with Gasteiger partial charge in [-0.05, 0) is 13.3 Å². The van der Waals surface area contributed by atoms with Crippen molar-refractivity contribution < 1.29 is 0 Å². The van der Waals surface area contributed by atoms with Crippen molar-refractivity contribution in [2.24, 2.45) is 0 Å². The van der Waals surface area contributed by atoms with Crippen molar-refractivity contribution in [2.75, 3.05) is 0 Å². The SMILES string of the molecule is CCCn1c(C)nnc1CNC(C)C. The van der Waals surface area contributed by atoms with E-state index < -0.39 is 0 Å². The van der Waals surface area contributed by atoms with E-state index in [0.29, 0.717) is 6.04 Å². The summed E-state index contributed by atoms with van der Waals surface area (Å²) in [6, 6.07) is 0.488. The maximum atomic E-state index is 4.16. The van der Waals surface area contributed by atoms with Gasteiger partial charge in [-0.25, -0.2) is 0 Å². The van der Waals surface area contributed by atoms with Gasteiger partial charge in [-0.2, -0.15) is 0 Å². The highest BCUT2D eigenvalue weighted by atomic mass is 15.3. The number of hydrogen-bond donors (Lipinski definition) is 1. The van der Waals surface area contributed by atoms with Crippen LogP contribution >= 0.6 is 0 Å². The van der Waals surface area contributed by atoms with E-state index in [1.807, 2.05) is 6.92 Å². The minimum atomic E-state index is 0.488. The van der Waals surface area contributed by atoms with Crippen molar-refractivity contribution in [3.05, 3.63) is 11.6 Å². The van der Waals surface area contributed by atoms with Gasteiger partial charge in [0.05, 0.1) is 6.54 Å². The quantitative estimate of drug-likeness (QED) is 0.776. The molecule has 0 aliphatic carbocycles. The maximum Gasteiger partial charge on any atom is 0.147 e. The van der Waals surface area contributed by atoms with Crippen molar-refractivity contribution in [3.8, 4) is 0 Å². The molecule has 4 nitrogen and oxygen atoms in total. The van der Waals surface area contributed by atoms with Gasteiger partial charge in [-0.15, -0.1) is 10.2 Å². The number of nitrogens with one attached hydrogen (secondary N) is 1. The molecule has 0 saturated heterocycles. The van der Waals surface area contributed by atoms with Crippen molar-refractivity contribution in [1.82, 2.24) is 20.1 Å². The molecule has 1 N–H and O–H groups in total. The van der Waals surface area contributed by atoms with Crippen LogP contribution in [0.4, 0.5) is 0 Å². The monoisotopic (exact) mass is 196 g/mol. The molecule has 80 valence electrons. The fourth-order valence-corrected chi connectivity index (χ4v) is 1.37. The van der Waals surface area contributed by atoms with E-state index >= 15 is 0 Å². The minimum Gasteiger partial charge on any atom is -0.314 e. The Morgan fingerprint density at radius 3 is 2.64 bits per heavy atom. The fraction of sp³-hybridized carbons (Fsp3) is 0.800. The third-order valence-electron chi connectivity index (χ3n) is 2.13. The number of hydrogen-bond acceptors (Lipinski definition) is 3. The second-order valence-corrected chi connectivity index (χ2v) is 3.85. The third kappa shape index (κ3) is 2.80. The van der Waals surface area contributed by atoms with Gasteiger partial charge in [0.2, 0.25) is 0 Å². The molecule has 0 unspecified atom stereocenters. The summed E-state index contributed by atoms with van der Waals surface area (Å²) in [6.45, 7) is 10.2. The zero-order valence-electron chi connectivity index (χ0n) is 9.54. The lowest BCUT2D eigenvalue weighted by Crippen LogP contribution is -2.24.